The molecule has 1 aliphatic heterocycles. The van der Waals surface area contributed by atoms with Gasteiger partial charge in [0.1, 0.15) is 0 Å². The molecule has 1 aliphatic rings. The van der Waals surface area contributed by atoms with Gasteiger partial charge in [0, 0.05) is 26.6 Å². The molecule has 1 rings (SSSR count). The van der Waals surface area contributed by atoms with E-state index >= 15 is 0 Å². The van der Waals surface area contributed by atoms with Crippen LogP contribution in [0.4, 0.5) is 0 Å². The maximum absolute atomic E-state index is 11.8. The smallest absolute Gasteiger partial charge is 0.308 e. The second-order valence-electron chi connectivity index (χ2n) is 4.69. The number of nitrogens with one attached hydrogen (secondary N) is 1. The Balaban J connectivity index is 2.17. The number of nitrogens with zero attached hydrogens (tertiary/aromatic N) is 1. The Morgan fingerprint density at radius 3 is 2.32 bits per heavy atom. The Morgan fingerprint density at radius 1 is 1.11 bits per heavy atom. The van der Waals surface area contributed by atoms with Crippen molar-refractivity contribution in [1.29, 1.82) is 0 Å². The van der Waals surface area contributed by atoms with Crippen LogP contribution in [-0.2, 0) is 19.1 Å². The van der Waals surface area contributed by atoms with Crippen LogP contribution in [0.25, 0.3) is 0 Å². The zero-order valence-electron chi connectivity index (χ0n) is 11.4. The molecule has 0 saturated carbocycles. The normalized spacial score (nSPS) is 15.5. The lowest BCUT2D eigenvalue weighted by atomic mass is 10.2. The van der Waals surface area contributed by atoms with E-state index in [-0.39, 0.29) is 31.4 Å². The average molecular weight is 270 g/mol. The van der Waals surface area contributed by atoms with Crippen LogP contribution in [0.5, 0.6) is 0 Å². The summed E-state index contributed by atoms with van der Waals surface area (Å²) < 4.78 is 4.90. The summed E-state index contributed by atoms with van der Waals surface area (Å²) in [6, 6.07) is 0. The van der Waals surface area contributed by atoms with Crippen LogP contribution in [0.2, 0.25) is 0 Å². The molecule has 1 heterocycles. The lowest BCUT2D eigenvalue weighted by Crippen LogP contribution is -2.35. The third kappa shape index (κ3) is 6.79. The highest BCUT2D eigenvalue weighted by Crippen LogP contribution is 2.09. The van der Waals surface area contributed by atoms with E-state index in [2.05, 4.69) is 5.32 Å². The van der Waals surface area contributed by atoms with Crippen molar-refractivity contribution in [3.63, 3.8) is 0 Å². The maximum atomic E-state index is 11.8. The fourth-order valence-electron chi connectivity index (χ4n) is 1.97. The van der Waals surface area contributed by atoms with Crippen molar-refractivity contribution in [2.75, 3.05) is 26.2 Å². The Bertz CT molecular complexity index is 323. The molecule has 0 aromatic carbocycles. The molecule has 1 N–H and O–H groups in total. The summed E-state index contributed by atoms with van der Waals surface area (Å²) in [7, 11) is 0. The van der Waals surface area contributed by atoms with Gasteiger partial charge in [-0.25, -0.2) is 0 Å². The molecule has 6 nitrogen and oxygen atoms in total. The van der Waals surface area contributed by atoms with Crippen molar-refractivity contribution < 1.29 is 19.1 Å². The first-order valence-electron chi connectivity index (χ1n) is 6.77. The SMILES string of the molecule is CC(=O)NCCC(=O)OCC(=O)N1CCCCCC1. The van der Waals surface area contributed by atoms with Gasteiger partial charge in [-0.05, 0) is 12.8 Å². The molecule has 108 valence electrons. The zero-order valence-corrected chi connectivity index (χ0v) is 11.4. The van der Waals surface area contributed by atoms with Crippen LogP contribution in [-0.4, -0.2) is 48.9 Å². The monoisotopic (exact) mass is 270 g/mol. The predicted molar refractivity (Wildman–Crippen MR) is 69.3 cm³/mol. The third-order valence-electron chi connectivity index (χ3n) is 3.02. The molecule has 0 aliphatic carbocycles. The summed E-state index contributed by atoms with van der Waals surface area (Å²) in [5.41, 5.74) is 0. The van der Waals surface area contributed by atoms with Crippen LogP contribution in [0.15, 0.2) is 0 Å². The van der Waals surface area contributed by atoms with Crippen LogP contribution < -0.4 is 5.32 Å². The fraction of sp³-hybridized carbons (Fsp3) is 0.769. The number of rotatable bonds is 5. The minimum atomic E-state index is -0.461. The molecule has 0 bridgehead atoms. The number of carbonyl (C=O) groups is 3. The van der Waals surface area contributed by atoms with Crippen molar-refractivity contribution in [2.45, 2.75) is 39.0 Å². The highest BCUT2D eigenvalue weighted by atomic mass is 16.5. The van der Waals surface area contributed by atoms with E-state index in [0.717, 1.165) is 38.8 Å². The minimum absolute atomic E-state index is 0.0901. The maximum Gasteiger partial charge on any atom is 0.308 e. The second kappa shape index (κ2) is 8.50. The molecule has 0 unspecified atom stereocenters. The largest absolute Gasteiger partial charge is 0.456 e. The van der Waals surface area contributed by atoms with Gasteiger partial charge in [-0.1, -0.05) is 12.8 Å². The molecule has 0 aromatic rings. The first-order chi connectivity index (χ1) is 9.09. The molecule has 0 spiro atoms. The highest BCUT2D eigenvalue weighted by Gasteiger charge is 2.16. The molecule has 19 heavy (non-hydrogen) atoms. The second-order valence-corrected chi connectivity index (χ2v) is 4.69. The lowest BCUT2D eigenvalue weighted by Gasteiger charge is -2.19. The first kappa shape index (κ1) is 15.5. The summed E-state index contributed by atoms with van der Waals surface area (Å²) in [6.45, 7) is 2.93. The Morgan fingerprint density at radius 2 is 1.74 bits per heavy atom. The molecular weight excluding hydrogens is 248 g/mol. The first-order valence-corrected chi connectivity index (χ1v) is 6.77. The van der Waals surface area contributed by atoms with Gasteiger partial charge in [0.05, 0.1) is 6.42 Å². The molecule has 1 fully saturated rings. The molecule has 2 amide bonds. The molecule has 6 heteroatoms. The van der Waals surface area contributed by atoms with E-state index < -0.39 is 5.97 Å². The Kier molecular flexibility index (Phi) is 6.92. The van der Waals surface area contributed by atoms with E-state index in [1.807, 2.05) is 0 Å². The minimum Gasteiger partial charge on any atom is -0.456 e. The van der Waals surface area contributed by atoms with Gasteiger partial charge < -0.3 is 15.0 Å². The number of amides is 2. The van der Waals surface area contributed by atoms with E-state index in [0.29, 0.717) is 0 Å². The molecule has 1 saturated heterocycles. The van der Waals surface area contributed by atoms with Crippen molar-refractivity contribution in [3.8, 4) is 0 Å². The summed E-state index contributed by atoms with van der Waals surface area (Å²) >= 11 is 0. The molecule has 0 aromatic heterocycles. The number of carbonyl (C=O) groups excluding carboxylic acids is 3. The predicted octanol–water partition coefficient (Wildman–Crippen LogP) is 0.458. The standard InChI is InChI=1S/C13H22N2O4/c1-11(16)14-7-6-13(18)19-10-12(17)15-8-4-2-3-5-9-15/h2-10H2,1H3,(H,14,16). The molecule has 0 radical (unpaired) electrons. The van der Waals surface area contributed by atoms with Crippen molar-refractivity contribution in [3.05, 3.63) is 0 Å². The van der Waals surface area contributed by atoms with Crippen molar-refractivity contribution in [1.82, 2.24) is 10.2 Å². The van der Waals surface area contributed by atoms with Crippen LogP contribution >= 0.6 is 0 Å². The van der Waals surface area contributed by atoms with E-state index in [1.165, 1.54) is 6.92 Å². The number of likely N-dealkylation sites (tertiary alicyclic amines) is 1. The van der Waals surface area contributed by atoms with Gasteiger partial charge in [0.2, 0.25) is 5.91 Å². The van der Waals surface area contributed by atoms with E-state index in [9.17, 15) is 14.4 Å². The fourth-order valence-corrected chi connectivity index (χ4v) is 1.97. The summed E-state index contributed by atoms with van der Waals surface area (Å²) in [4.78, 5) is 35.5. The molecular formula is C13H22N2O4. The average Bonchev–Trinajstić information content (AvgIpc) is 2.64. The number of esters is 1. The summed E-state index contributed by atoms with van der Waals surface area (Å²) in [5, 5.41) is 2.50. The molecule has 0 atom stereocenters. The van der Waals surface area contributed by atoms with E-state index in [1.54, 1.807) is 4.90 Å². The number of ether oxygens (including phenoxy) is 1. The number of hydrogen-bond acceptors (Lipinski definition) is 4. The van der Waals surface area contributed by atoms with Gasteiger partial charge in [0.15, 0.2) is 6.61 Å². The number of hydrogen-bond donors (Lipinski definition) is 1. The van der Waals surface area contributed by atoms with E-state index in [4.69, 9.17) is 4.74 Å². The quantitative estimate of drug-likeness (QED) is 0.736. The van der Waals surface area contributed by atoms with Crippen LogP contribution in [0, 0.1) is 0 Å². The third-order valence-corrected chi connectivity index (χ3v) is 3.02. The Hall–Kier alpha value is -1.59. The van der Waals surface area contributed by atoms with Crippen molar-refractivity contribution in [2.24, 2.45) is 0 Å². The van der Waals surface area contributed by atoms with Gasteiger partial charge in [-0.3, -0.25) is 14.4 Å². The van der Waals surface area contributed by atoms with Gasteiger partial charge >= 0.3 is 5.97 Å². The summed E-state index contributed by atoms with van der Waals surface area (Å²) in [6.07, 6.45) is 4.43. The van der Waals surface area contributed by atoms with Crippen molar-refractivity contribution >= 4 is 17.8 Å². The van der Waals surface area contributed by atoms with Crippen LogP contribution in [0.3, 0.4) is 0 Å². The van der Waals surface area contributed by atoms with Gasteiger partial charge in [0.25, 0.3) is 5.91 Å². The zero-order chi connectivity index (χ0) is 14.1. The highest BCUT2D eigenvalue weighted by molar-refractivity contribution is 5.81. The topological polar surface area (TPSA) is 75.7 Å². The lowest BCUT2D eigenvalue weighted by molar-refractivity contribution is -0.152. The Labute approximate surface area is 113 Å². The van der Waals surface area contributed by atoms with Crippen LogP contribution in [0.1, 0.15) is 39.0 Å². The van der Waals surface area contributed by atoms with Gasteiger partial charge in [-0.2, -0.15) is 0 Å². The van der Waals surface area contributed by atoms with Gasteiger partial charge in [-0.15, -0.1) is 0 Å². The summed E-state index contributed by atoms with van der Waals surface area (Å²) in [5.74, 6) is -0.778.